The largest absolute Gasteiger partial charge is 0.496 e. The van der Waals surface area contributed by atoms with Crippen LogP contribution in [0.25, 0.3) is 0 Å². The molecule has 1 aromatic rings. The molecule has 0 atom stereocenters. The van der Waals surface area contributed by atoms with E-state index in [0.29, 0.717) is 5.88 Å². The number of carbonyl (C=O) groups is 1. The van der Waals surface area contributed by atoms with E-state index in [2.05, 4.69) is 4.74 Å². The summed E-state index contributed by atoms with van der Waals surface area (Å²) in [6.07, 6.45) is 0.240. The highest BCUT2D eigenvalue weighted by atomic mass is 35.5. The van der Waals surface area contributed by atoms with Crippen molar-refractivity contribution in [3.8, 4) is 5.75 Å². The number of rotatable bonds is 4. The van der Waals surface area contributed by atoms with Gasteiger partial charge in [-0.05, 0) is 29.7 Å². The van der Waals surface area contributed by atoms with Crippen LogP contribution in [0.2, 0.25) is 0 Å². The van der Waals surface area contributed by atoms with Crippen LogP contribution in [0.15, 0.2) is 12.1 Å². The highest BCUT2D eigenvalue weighted by Gasteiger charge is 2.11. The monoisotopic (exact) mass is 242 g/mol. The number of hydrogen-bond acceptors (Lipinski definition) is 3. The van der Waals surface area contributed by atoms with E-state index < -0.39 is 0 Å². The Kier molecular flexibility index (Phi) is 4.62. The Bertz CT molecular complexity index is 388. The first-order chi connectivity index (χ1) is 7.62. The zero-order valence-corrected chi connectivity index (χ0v) is 10.4. The summed E-state index contributed by atoms with van der Waals surface area (Å²) in [5.74, 6) is 0.874. The summed E-state index contributed by atoms with van der Waals surface area (Å²) in [4.78, 5) is 11.2. The van der Waals surface area contributed by atoms with Crippen LogP contribution in [0.4, 0.5) is 0 Å². The smallest absolute Gasteiger partial charge is 0.309 e. The minimum Gasteiger partial charge on any atom is -0.496 e. The predicted octanol–water partition coefficient (Wildman–Crippen LogP) is 2.46. The predicted molar refractivity (Wildman–Crippen MR) is 63.0 cm³/mol. The van der Waals surface area contributed by atoms with Gasteiger partial charge in [-0.25, -0.2) is 0 Å². The molecule has 0 radical (unpaired) electrons. The van der Waals surface area contributed by atoms with Gasteiger partial charge >= 0.3 is 5.97 Å². The van der Waals surface area contributed by atoms with E-state index in [1.54, 1.807) is 7.11 Å². The van der Waals surface area contributed by atoms with Crippen molar-refractivity contribution < 1.29 is 14.3 Å². The molecule has 0 bridgehead atoms. The number of carbonyl (C=O) groups excluding carboxylic acids is 1. The van der Waals surface area contributed by atoms with Gasteiger partial charge in [-0.3, -0.25) is 4.79 Å². The minimum atomic E-state index is -0.267. The van der Waals surface area contributed by atoms with Crippen molar-refractivity contribution in [3.05, 3.63) is 28.8 Å². The summed E-state index contributed by atoms with van der Waals surface area (Å²) >= 11 is 5.78. The molecule has 0 amide bonds. The average molecular weight is 243 g/mol. The van der Waals surface area contributed by atoms with Crippen LogP contribution in [0.1, 0.15) is 16.7 Å². The van der Waals surface area contributed by atoms with Crippen LogP contribution >= 0.6 is 11.6 Å². The molecule has 0 aliphatic heterocycles. The first-order valence-corrected chi connectivity index (χ1v) is 5.45. The van der Waals surface area contributed by atoms with E-state index >= 15 is 0 Å². The number of halogens is 1. The Morgan fingerprint density at radius 1 is 1.38 bits per heavy atom. The second-order valence-electron chi connectivity index (χ2n) is 3.47. The van der Waals surface area contributed by atoms with Crippen LogP contribution < -0.4 is 4.74 Å². The molecular formula is C12H15ClO3. The van der Waals surface area contributed by atoms with Gasteiger partial charge in [0.2, 0.25) is 0 Å². The van der Waals surface area contributed by atoms with Gasteiger partial charge in [0.15, 0.2) is 0 Å². The second kappa shape index (κ2) is 5.75. The third-order valence-electron chi connectivity index (χ3n) is 2.46. The molecular weight excluding hydrogens is 228 g/mol. The van der Waals surface area contributed by atoms with Gasteiger partial charge in [-0.1, -0.05) is 6.07 Å². The van der Waals surface area contributed by atoms with Crippen molar-refractivity contribution in [2.24, 2.45) is 0 Å². The van der Waals surface area contributed by atoms with Crippen LogP contribution in [-0.2, 0) is 21.8 Å². The fraction of sp³-hybridized carbons (Fsp3) is 0.417. The third kappa shape index (κ3) is 2.89. The normalized spacial score (nSPS) is 10.0. The lowest BCUT2D eigenvalue weighted by Gasteiger charge is -2.11. The Hall–Kier alpha value is -1.22. The van der Waals surface area contributed by atoms with Crippen LogP contribution in [0.5, 0.6) is 5.75 Å². The fourth-order valence-electron chi connectivity index (χ4n) is 1.51. The van der Waals surface area contributed by atoms with Gasteiger partial charge in [0.1, 0.15) is 5.75 Å². The lowest BCUT2D eigenvalue weighted by Crippen LogP contribution is -2.07. The van der Waals surface area contributed by atoms with Gasteiger partial charge < -0.3 is 9.47 Å². The van der Waals surface area contributed by atoms with E-state index in [1.807, 2.05) is 19.1 Å². The van der Waals surface area contributed by atoms with Crippen LogP contribution in [0.3, 0.4) is 0 Å². The number of ether oxygens (including phenoxy) is 2. The van der Waals surface area contributed by atoms with Gasteiger partial charge in [-0.2, -0.15) is 0 Å². The van der Waals surface area contributed by atoms with Crippen molar-refractivity contribution in [2.75, 3.05) is 14.2 Å². The molecule has 0 unspecified atom stereocenters. The number of benzene rings is 1. The van der Waals surface area contributed by atoms with E-state index in [1.165, 1.54) is 7.11 Å². The molecule has 88 valence electrons. The second-order valence-corrected chi connectivity index (χ2v) is 3.74. The maximum absolute atomic E-state index is 11.2. The molecule has 3 nitrogen and oxygen atoms in total. The molecule has 0 aromatic heterocycles. The zero-order valence-electron chi connectivity index (χ0n) is 9.67. The average Bonchev–Trinajstić information content (AvgIpc) is 2.31. The Labute approximate surface area is 100 Å². The molecule has 4 heteroatoms. The maximum atomic E-state index is 11.2. The fourth-order valence-corrected chi connectivity index (χ4v) is 1.66. The molecule has 0 saturated carbocycles. The first kappa shape index (κ1) is 12.8. The number of methoxy groups -OCH3 is 2. The summed E-state index contributed by atoms with van der Waals surface area (Å²) in [5.41, 5.74) is 2.77. The summed E-state index contributed by atoms with van der Waals surface area (Å²) < 4.78 is 9.88. The molecule has 0 N–H and O–H groups in total. The molecule has 1 aromatic carbocycles. The van der Waals surface area contributed by atoms with E-state index in [9.17, 15) is 4.79 Å². The highest BCUT2D eigenvalue weighted by molar-refractivity contribution is 6.17. The minimum absolute atomic E-state index is 0.240. The van der Waals surface area contributed by atoms with Gasteiger partial charge in [-0.15, -0.1) is 11.6 Å². The van der Waals surface area contributed by atoms with Gasteiger partial charge in [0.05, 0.1) is 20.6 Å². The topological polar surface area (TPSA) is 35.5 Å². The number of esters is 1. The zero-order chi connectivity index (χ0) is 12.1. The van der Waals surface area contributed by atoms with Crippen molar-refractivity contribution >= 4 is 17.6 Å². The van der Waals surface area contributed by atoms with Crippen molar-refractivity contribution in [3.63, 3.8) is 0 Å². The maximum Gasteiger partial charge on any atom is 0.309 e. The number of hydrogen-bond donors (Lipinski definition) is 0. The Balaban J connectivity index is 3.10. The van der Waals surface area contributed by atoms with Crippen LogP contribution in [0, 0.1) is 6.92 Å². The SMILES string of the molecule is COC(=O)Cc1cc(CCl)cc(OC)c1C. The Morgan fingerprint density at radius 2 is 2.06 bits per heavy atom. The van der Waals surface area contributed by atoms with Gasteiger partial charge in [0.25, 0.3) is 0 Å². The lowest BCUT2D eigenvalue weighted by atomic mass is 10.0. The first-order valence-electron chi connectivity index (χ1n) is 4.91. The van der Waals surface area contributed by atoms with Crippen molar-refractivity contribution in [2.45, 2.75) is 19.2 Å². The summed E-state index contributed by atoms with van der Waals surface area (Å²) in [6, 6.07) is 3.78. The van der Waals surface area contributed by atoms with E-state index in [4.69, 9.17) is 16.3 Å². The van der Waals surface area contributed by atoms with Crippen LogP contribution in [-0.4, -0.2) is 20.2 Å². The molecule has 1 rings (SSSR count). The molecule has 0 aliphatic rings. The third-order valence-corrected chi connectivity index (χ3v) is 2.77. The molecule has 0 fully saturated rings. The number of alkyl halides is 1. The van der Waals surface area contributed by atoms with E-state index in [0.717, 1.165) is 22.4 Å². The Morgan fingerprint density at radius 3 is 2.56 bits per heavy atom. The standard InChI is InChI=1S/C12H15ClO3/c1-8-10(6-12(14)16-3)4-9(7-13)5-11(8)15-2/h4-5H,6-7H2,1-3H3. The highest BCUT2D eigenvalue weighted by Crippen LogP contribution is 2.25. The molecule has 0 heterocycles. The lowest BCUT2D eigenvalue weighted by molar-refractivity contribution is -0.139. The molecule has 16 heavy (non-hydrogen) atoms. The van der Waals surface area contributed by atoms with Crippen molar-refractivity contribution in [1.29, 1.82) is 0 Å². The van der Waals surface area contributed by atoms with Gasteiger partial charge in [0, 0.05) is 5.88 Å². The van der Waals surface area contributed by atoms with Crippen molar-refractivity contribution in [1.82, 2.24) is 0 Å². The quantitative estimate of drug-likeness (QED) is 0.601. The molecule has 0 aliphatic carbocycles. The summed E-state index contributed by atoms with van der Waals surface area (Å²) in [6.45, 7) is 1.91. The summed E-state index contributed by atoms with van der Waals surface area (Å²) in [7, 11) is 2.97. The summed E-state index contributed by atoms with van der Waals surface area (Å²) in [5, 5.41) is 0. The molecule has 0 spiro atoms. The van der Waals surface area contributed by atoms with E-state index in [-0.39, 0.29) is 12.4 Å². The molecule has 0 saturated heterocycles.